The number of nitrogens with one attached hydrogen (secondary N) is 1. The van der Waals surface area contributed by atoms with Gasteiger partial charge in [0.1, 0.15) is 0 Å². The van der Waals surface area contributed by atoms with Gasteiger partial charge < -0.3 is 5.32 Å². The van der Waals surface area contributed by atoms with E-state index in [1.165, 1.54) is 31.4 Å². The van der Waals surface area contributed by atoms with Gasteiger partial charge in [-0.25, -0.2) is 0 Å². The van der Waals surface area contributed by atoms with E-state index in [1.54, 1.807) is 18.2 Å². The molecule has 1 fully saturated rings. The molecule has 1 nitrogen and oxygen atoms in total. The van der Waals surface area contributed by atoms with Crippen LogP contribution in [-0.4, -0.2) is 12.6 Å². The monoisotopic (exact) mass is 267 g/mol. The van der Waals surface area contributed by atoms with Crippen molar-refractivity contribution >= 4 is 0 Å². The summed E-state index contributed by atoms with van der Waals surface area (Å²) >= 11 is 0. The molecular weight excluding hydrogens is 244 g/mol. The number of alkyl halides is 2. The van der Waals surface area contributed by atoms with Gasteiger partial charge in [0.25, 0.3) is 5.92 Å². The zero-order valence-electron chi connectivity index (χ0n) is 11.5. The minimum Gasteiger partial charge on any atom is -0.308 e. The van der Waals surface area contributed by atoms with Crippen LogP contribution in [0.4, 0.5) is 8.78 Å². The zero-order valence-corrected chi connectivity index (χ0v) is 11.5. The van der Waals surface area contributed by atoms with Crippen molar-refractivity contribution in [3.8, 4) is 0 Å². The van der Waals surface area contributed by atoms with E-state index in [0.29, 0.717) is 0 Å². The van der Waals surface area contributed by atoms with Gasteiger partial charge in [-0.05, 0) is 31.6 Å². The highest BCUT2D eigenvalue weighted by Crippen LogP contribution is 2.29. The van der Waals surface area contributed by atoms with E-state index in [0.717, 1.165) is 18.8 Å². The van der Waals surface area contributed by atoms with Crippen LogP contribution >= 0.6 is 0 Å². The van der Waals surface area contributed by atoms with Crippen LogP contribution in [0.5, 0.6) is 0 Å². The molecule has 0 spiro atoms. The minimum absolute atomic E-state index is 0.102. The first-order chi connectivity index (χ1) is 9.12. The summed E-state index contributed by atoms with van der Waals surface area (Å²) in [7, 11) is 0. The Morgan fingerprint density at radius 1 is 1.11 bits per heavy atom. The molecular formula is C16H23F2N. The van der Waals surface area contributed by atoms with E-state index in [1.807, 2.05) is 0 Å². The van der Waals surface area contributed by atoms with Gasteiger partial charge in [-0.2, -0.15) is 8.78 Å². The quantitative estimate of drug-likeness (QED) is 0.837. The van der Waals surface area contributed by atoms with Crippen LogP contribution in [0.2, 0.25) is 0 Å². The predicted octanol–water partition coefficient (Wildman–Crippen LogP) is 4.34. The highest BCUT2D eigenvalue weighted by atomic mass is 19.3. The molecule has 0 bridgehead atoms. The second-order valence-corrected chi connectivity index (χ2v) is 5.58. The number of hydrogen-bond acceptors (Lipinski definition) is 1. The molecule has 0 aliphatic heterocycles. The van der Waals surface area contributed by atoms with E-state index in [9.17, 15) is 8.78 Å². The largest absolute Gasteiger partial charge is 0.308 e. The summed E-state index contributed by atoms with van der Waals surface area (Å²) in [5, 5.41) is 3.05. The molecule has 106 valence electrons. The van der Waals surface area contributed by atoms with Crippen molar-refractivity contribution in [1.82, 2.24) is 5.32 Å². The predicted molar refractivity (Wildman–Crippen MR) is 74.4 cm³/mol. The average Bonchev–Trinajstić information content (AvgIpc) is 2.47. The Morgan fingerprint density at radius 3 is 2.32 bits per heavy atom. The summed E-state index contributed by atoms with van der Waals surface area (Å²) in [5.41, 5.74) is 0.102. The van der Waals surface area contributed by atoms with Crippen LogP contribution in [0, 0.1) is 5.92 Å². The van der Waals surface area contributed by atoms with Crippen LogP contribution in [0.1, 0.15) is 44.6 Å². The van der Waals surface area contributed by atoms with Crippen molar-refractivity contribution in [2.75, 3.05) is 6.54 Å². The first kappa shape index (κ1) is 14.4. The van der Waals surface area contributed by atoms with Crippen molar-refractivity contribution in [3.05, 3.63) is 35.9 Å². The summed E-state index contributed by atoms with van der Waals surface area (Å²) in [6, 6.07) is 8.34. The Labute approximate surface area is 114 Å². The fraction of sp³-hybridized carbons (Fsp3) is 0.625. The molecule has 1 saturated carbocycles. The lowest BCUT2D eigenvalue weighted by Gasteiger charge is -2.30. The molecule has 1 aromatic rings. The molecule has 0 heterocycles. The molecule has 3 heteroatoms. The van der Waals surface area contributed by atoms with E-state index < -0.39 is 5.92 Å². The standard InChI is InChI=1S/C16H23F2N/c1-2-13-8-10-15(11-9-13)19-12-16(17,18)14-6-4-3-5-7-14/h3-7,13,15,19H,2,8-12H2,1H3. The van der Waals surface area contributed by atoms with Gasteiger partial charge >= 0.3 is 0 Å². The maximum Gasteiger partial charge on any atom is 0.285 e. The van der Waals surface area contributed by atoms with Crippen LogP contribution in [0.15, 0.2) is 30.3 Å². The molecule has 19 heavy (non-hydrogen) atoms. The Bertz CT molecular complexity index is 370. The average molecular weight is 267 g/mol. The zero-order chi connectivity index (χ0) is 13.7. The van der Waals surface area contributed by atoms with Crippen molar-refractivity contribution in [2.45, 2.75) is 51.0 Å². The SMILES string of the molecule is CCC1CCC(NCC(F)(F)c2ccccc2)CC1. The van der Waals surface area contributed by atoms with Gasteiger partial charge in [0.2, 0.25) is 0 Å². The summed E-state index contributed by atoms with van der Waals surface area (Å²) in [5.74, 6) is -1.98. The lowest BCUT2D eigenvalue weighted by atomic mass is 9.84. The van der Waals surface area contributed by atoms with Gasteiger partial charge in [0, 0.05) is 11.6 Å². The van der Waals surface area contributed by atoms with Crippen LogP contribution < -0.4 is 5.32 Å². The van der Waals surface area contributed by atoms with Gasteiger partial charge in [-0.1, -0.05) is 43.7 Å². The second kappa shape index (κ2) is 6.47. The van der Waals surface area contributed by atoms with E-state index in [4.69, 9.17) is 0 Å². The molecule has 2 rings (SSSR count). The molecule has 1 aliphatic rings. The van der Waals surface area contributed by atoms with E-state index in [2.05, 4.69) is 12.2 Å². The van der Waals surface area contributed by atoms with Gasteiger partial charge in [-0.15, -0.1) is 0 Å². The number of halogens is 2. The molecule has 0 saturated heterocycles. The second-order valence-electron chi connectivity index (χ2n) is 5.58. The minimum atomic E-state index is -2.77. The number of hydrogen-bond donors (Lipinski definition) is 1. The van der Waals surface area contributed by atoms with Crippen LogP contribution in [0.3, 0.4) is 0 Å². The fourth-order valence-corrected chi connectivity index (χ4v) is 2.83. The van der Waals surface area contributed by atoms with Gasteiger partial charge in [0.05, 0.1) is 6.54 Å². The van der Waals surface area contributed by atoms with Crippen LogP contribution in [-0.2, 0) is 5.92 Å². The normalized spacial score (nSPS) is 24.4. The Kier molecular flexibility index (Phi) is 4.92. The molecule has 0 atom stereocenters. The molecule has 1 aliphatic carbocycles. The molecule has 1 aromatic carbocycles. The van der Waals surface area contributed by atoms with Crippen molar-refractivity contribution < 1.29 is 8.78 Å². The maximum atomic E-state index is 14.0. The van der Waals surface area contributed by atoms with Gasteiger partial charge in [0.15, 0.2) is 0 Å². The van der Waals surface area contributed by atoms with Crippen molar-refractivity contribution in [3.63, 3.8) is 0 Å². The maximum absolute atomic E-state index is 14.0. The van der Waals surface area contributed by atoms with Crippen molar-refractivity contribution in [2.24, 2.45) is 5.92 Å². The van der Waals surface area contributed by atoms with Crippen molar-refractivity contribution in [1.29, 1.82) is 0 Å². The first-order valence-electron chi connectivity index (χ1n) is 7.28. The Hall–Kier alpha value is -0.960. The Morgan fingerprint density at radius 2 is 1.74 bits per heavy atom. The summed E-state index contributed by atoms with van der Waals surface area (Å²) in [4.78, 5) is 0. The number of rotatable bonds is 5. The molecule has 0 amide bonds. The Balaban J connectivity index is 1.82. The highest BCUT2D eigenvalue weighted by molar-refractivity contribution is 5.20. The summed E-state index contributed by atoms with van der Waals surface area (Å²) in [6.45, 7) is 1.96. The van der Waals surface area contributed by atoms with E-state index in [-0.39, 0.29) is 18.2 Å². The number of benzene rings is 1. The smallest absolute Gasteiger partial charge is 0.285 e. The van der Waals surface area contributed by atoms with Crippen LogP contribution in [0.25, 0.3) is 0 Å². The van der Waals surface area contributed by atoms with E-state index >= 15 is 0 Å². The summed E-state index contributed by atoms with van der Waals surface area (Å²) in [6.07, 6.45) is 5.62. The van der Waals surface area contributed by atoms with Gasteiger partial charge in [-0.3, -0.25) is 0 Å². The molecule has 0 aromatic heterocycles. The summed E-state index contributed by atoms with van der Waals surface area (Å²) < 4.78 is 28.0. The lowest BCUT2D eigenvalue weighted by Crippen LogP contribution is -2.39. The lowest BCUT2D eigenvalue weighted by molar-refractivity contribution is -0.00725. The third-order valence-electron chi connectivity index (χ3n) is 4.23. The topological polar surface area (TPSA) is 12.0 Å². The third-order valence-corrected chi connectivity index (χ3v) is 4.23. The fourth-order valence-electron chi connectivity index (χ4n) is 2.83. The first-order valence-corrected chi connectivity index (χ1v) is 7.28. The molecule has 0 unspecified atom stereocenters. The third kappa shape index (κ3) is 4.00. The highest BCUT2D eigenvalue weighted by Gasteiger charge is 2.32. The molecule has 0 radical (unpaired) electrons. The molecule has 1 N–H and O–H groups in total.